The van der Waals surface area contributed by atoms with E-state index in [-0.39, 0.29) is 29.4 Å². The second-order valence-electron chi connectivity index (χ2n) is 5.42. The predicted octanol–water partition coefficient (Wildman–Crippen LogP) is 1.17. The van der Waals surface area contributed by atoms with Gasteiger partial charge in [0.25, 0.3) is 0 Å². The van der Waals surface area contributed by atoms with E-state index >= 15 is 0 Å². The third kappa shape index (κ3) is 3.62. The number of nitrogens with zero attached hydrogens (tertiary/aromatic N) is 4. The lowest BCUT2D eigenvalue weighted by Gasteiger charge is -2.32. The molecule has 0 N–H and O–H groups in total. The van der Waals surface area contributed by atoms with Crippen molar-refractivity contribution in [2.45, 2.75) is 38.6 Å². The molecule has 0 bridgehead atoms. The number of carboxylic acid groups (broad SMARTS) is 1. The SMILES string of the molecule is CC(CN(c1nc(Cl)ncc1[N+](=O)[O-])C1CCCC1)C(=O)[O-]. The second-order valence-corrected chi connectivity index (χ2v) is 5.75. The number of carbonyl (C=O) groups is 1. The summed E-state index contributed by atoms with van der Waals surface area (Å²) in [6.07, 6.45) is 4.70. The number of carbonyl (C=O) groups excluding carboxylic acids is 1. The van der Waals surface area contributed by atoms with Crippen molar-refractivity contribution < 1.29 is 14.8 Å². The molecule has 8 nitrogen and oxygen atoms in total. The van der Waals surface area contributed by atoms with E-state index in [1.807, 2.05) is 0 Å². The molecular formula is C13H16ClN4O4-. The lowest BCUT2D eigenvalue weighted by Crippen LogP contribution is -2.43. The van der Waals surface area contributed by atoms with Gasteiger partial charge in [-0.05, 0) is 24.4 Å². The molecule has 1 aliphatic carbocycles. The molecule has 120 valence electrons. The number of carboxylic acids is 1. The zero-order valence-electron chi connectivity index (χ0n) is 12.1. The summed E-state index contributed by atoms with van der Waals surface area (Å²) in [4.78, 5) is 30.9. The van der Waals surface area contributed by atoms with Gasteiger partial charge < -0.3 is 14.8 Å². The molecular weight excluding hydrogens is 312 g/mol. The Morgan fingerprint density at radius 2 is 2.18 bits per heavy atom. The molecule has 1 aliphatic rings. The van der Waals surface area contributed by atoms with Crippen molar-refractivity contribution in [1.82, 2.24) is 9.97 Å². The van der Waals surface area contributed by atoms with Crippen LogP contribution in [0.4, 0.5) is 11.5 Å². The summed E-state index contributed by atoms with van der Waals surface area (Å²) in [5.74, 6) is -1.91. The van der Waals surface area contributed by atoms with Crippen LogP contribution in [0.1, 0.15) is 32.6 Å². The average Bonchev–Trinajstić information content (AvgIpc) is 2.97. The molecule has 1 fully saturated rings. The Bertz CT molecular complexity index is 577. The topological polar surface area (TPSA) is 112 Å². The second kappa shape index (κ2) is 6.87. The average molecular weight is 328 g/mol. The first-order valence-electron chi connectivity index (χ1n) is 7.04. The lowest BCUT2D eigenvalue weighted by molar-refractivity contribution is -0.384. The summed E-state index contributed by atoms with van der Waals surface area (Å²) >= 11 is 5.77. The standard InChI is InChI=1S/C13H17ClN4O4/c1-8(12(19)20)7-17(9-4-2-3-5-9)11-10(18(21)22)6-15-13(14)16-11/h6,8-9H,2-5,7H2,1H3,(H,19,20)/p-1. The maximum Gasteiger partial charge on any atom is 0.329 e. The minimum atomic E-state index is -1.20. The van der Waals surface area contributed by atoms with Crippen molar-refractivity contribution in [3.63, 3.8) is 0 Å². The van der Waals surface area contributed by atoms with Crippen LogP contribution in [0.5, 0.6) is 0 Å². The van der Waals surface area contributed by atoms with Gasteiger partial charge in [0.05, 0.1) is 4.92 Å². The van der Waals surface area contributed by atoms with E-state index in [2.05, 4.69) is 9.97 Å². The minimum absolute atomic E-state index is 0.00599. The van der Waals surface area contributed by atoms with Crippen molar-refractivity contribution in [3.8, 4) is 0 Å². The highest BCUT2D eigenvalue weighted by atomic mass is 35.5. The number of aliphatic carboxylic acids is 1. The van der Waals surface area contributed by atoms with E-state index in [4.69, 9.17) is 11.6 Å². The summed E-state index contributed by atoms with van der Waals surface area (Å²) in [7, 11) is 0. The zero-order valence-corrected chi connectivity index (χ0v) is 12.8. The van der Waals surface area contributed by atoms with Crippen LogP contribution < -0.4 is 10.0 Å². The Morgan fingerprint density at radius 1 is 1.55 bits per heavy atom. The molecule has 22 heavy (non-hydrogen) atoms. The van der Waals surface area contributed by atoms with E-state index in [0.29, 0.717) is 0 Å². The van der Waals surface area contributed by atoms with Crippen LogP contribution in [0.25, 0.3) is 0 Å². The van der Waals surface area contributed by atoms with Crippen LogP contribution in [0, 0.1) is 16.0 Å². The van der Waals surface area contributed by atoms with Crippen LogP contribution in [0.15, 0.2) is 6.20 Å². The van der Waals surface area contributed by atoms with Gasteiger partial charge >= 0.3 is 5.69 Å². The van der Waals surface area contributed by atoms with E-state index in [9.17, 15) is 20.0 Å². The number of anilines is 1. The molecule has 0 amide bonds. The Labute approximate surface area is 132 Å². The molecule has 2 rings (SSSR count). The third-order valence-electron chi connectivity index (χ3n) is 3.83. The fourth-order valence-electron chi connectivity index (χ4n) is 2.68. The number of hydrogen-bond acceptors (Lipinski definition) is 7. The quantitative estimate of drug-likeness (QED) is 0.438. The van der Waals surface area contributed by atoms with Crippen molar-refractivity contribution in [2.75, 3.05) is 11.4 Å². The summed E-state index contributed by atoms with van der Waals surface area (Å²) in [5, 5.41) is 22.1. The first-order chi connectivity index (χ1) is 10.4. The highest BCUT2D eigenvalue weighted by molar-refractivity contribution is 6.28. The highest BCUT2D eigenvalue weighted by Crippen LogP contribution is 2.33. The van der Waals surface area contributed by atoms with E-state index in [0.717, 1.165) is 31.9 Å². The lowest BCUT2D eigenvalue weighted by atomic mass is 10.1. The largest absolute Gasteiger partial charge is 0.550 e. The molecule has 0 aromatic carbocycles. The monoisotopic (exact) mass is 327 g/mol. The van der Waals surface area contributed by atoms with Gasteiger partial charge in [-0.2, -0.15) is 4.98 Å². The summed E-state index contributed by atoms with van der Waals surface area (Å²) in [5.41, 5.74) is -0.276. The maximum atomic E-state index is 11.2. The van der Waals surface area contributed by atoms with Gasteiger partial charge in [-0.15, -0.1) is 0 Å². The van der Waals surface area contributed by atoms with Crippen LogP contribution in [-0.4, -0.2) is 33.4 Å². The molecule has 9 heteroatoms. The summed E-state index contributed by atoms with van der Waals surface area (Å²) < 4.78 is 0. The maximum absolute atomic E-state index is 11.2. The zero-order chi connectivity index (χ0) is 16.3. The molecule has 1 atom stereocenters. The van der Waals surface area contributed by atoms with E-state index in [1.54, 1.807) is 4.90 Å². The Hall–Kier alpha value is -1.96. The molecule has 1 aromatic heterocycles. The van der Waals surface area contributed by atoms with Crippen molar-refractivity contribution in [1.29, 1.82) is 0 Å². The number of halogens is 1. The van der Waals surface area contributed by atoms with Crippen LogP contribution >= 0.6 is 11.6 Å². The number of nitro groups is 1. The Morgan fingerprint density at radius 3 is 2.73 bits per heavy atom. The van der Waals surface area contributed by atoms with Crippen LogP contribution in [-0.2, 0) is 4.79 Å². The van der Waals surface area contributed by atoms with Crippen LogP contribution in [0.3, 0.4) is 0 Å². The van der Waals surface area contributed by atoms with Gasteiger partial charge in [0, 0.05) is 24.5 Å². The molecule has 0 aliphatic heterocycles. The summed E-state index contributed by atoms with van der Waals surface area (Å²) in [6, 6.07) is 0.00599. The minimum Gasteiger partial charge on any atom is -0.550 e. The van der Waals surface area contributed by atoms with Crippen molar-refractivity contribution in [3.05, 3.63) is 21.6 Å². The molecule has 1 aromatic rings. The molecule has 0 saturated heterocycles. The third-order valence-corrected chi connectivity index (χ3v) is 4.01. The van der Waals surface area contributed by atoms with Gasteiger partial charge in [-0.3, -0.25) is 10.1 Å². The van der Waals surface area contributed by atoms with Gasteiger partial charge in [0.1, 0.15) is 6.20 Å². The van der Waals surface area contributed by atoms with E-state index < -0.39 is 16.8 Å². The molecule has 0 radical (unpaired) electrons. The van der Waals surface area contributed by atoms with Gasteiger partial charge in [0.2, 0.25) is 11.1 Å². The fraction of sp³-hybridized carbons (Fsp3) is 0.615. The van der Waals surface area contributed by atoms with Crippen molar-refractivity contribution in [2.24, 2.45) is 5.92 Å². The Kier molecular flexibility index (Phi) is 5.12. The number of aromatic nitrogens is 2. The molecule has 1 saturated carbocycles. The van der Waals surface area contributed by atoms with Gasteiger partial charge in [0.15, 0.2) is 0 Å². The normalized spacial score (nSPS) is 16.5. The number of rotatable bonds is 6. The predicted molar refractivity (Wildman–Crippen MR) is 77.5 cm³/mol. The van der Waals surface area contributed by atoms with Crippen molar-refractivity contribution >= 4 is 29.1 Å². The van der Waals surface area contributed by atoms with Crippen LogP contribution in [0.2, 0.25) is 5.28 Å². The first kappa shape index (κ1) is 16.4. The molecule has 1 unspecified atom stereocenters. The molecule has 1 heterocycles. The Balaban J connectivity index is 2.41. The highest BCUT2D eigenvalue weighted by Gasteiger charge is 2.31. The smallest absolute Gasteiger partial charge is 0.329 e. The first-order valence-corrected chi connectivity index (χ1v) is 7.42. The van der Waals surface area contributed by atoms with Gasteiger partial charge in [-0.1, -0.05) is 19.8 Å². The summed E-state index contributed by atoms with van der Waals surface area (Å²) in [6.45, 7) is 1.59. The van der Waals surface area contributed by atoms with Gasteiger partial charge in [-0.25, -0.2) is 4.98 Å². The van der Waals surface area contributed by atoms with E-state index in [1.165, 1.54) is 6.92 Å². The molecule has 0 spiro atoms. The fourth-order valence-corrected chi connectivity index (χ4v) is 2.81. The number of hydrogen-bond donors (Lipinski definition) is 0.